The van der Waals surface area contributed by atoms with Crippen LogP contribution in [-0.2, 0) is 9.59 Å². The van der Waals surface area contributed by atoms with E-state index in [2.05, 4.69) is 5.32 Å². The van der Waals surface area contributed by atoms with Gasteiger partial charge in [-0.05, 0) is 80.4 Å². The second-order valence-electron chi connectivity index (χ2n) is 7.91. The molecule has 1 aliphatic rings. The SMILES string of the molecule is Cc1cc(C(=O)O)ccc1-n1c(C)cc(/C=C2\C(=O)NC(=O)N(c3cccc(F)c3)C2=O)c1C. The highest BCUT2D eigenvalue weighted by molar-refractivity contribution is 6.39. The van der Waals surface area contributed by atoms with Crippen LogP contribution in [0.15, 0.2) is 54.1 Å². The fraction of sp³-hybridized carbons (Fsp3) is 0.120. The molecule has 0 bridgehead atoms. The van der Waals surface area contributed by atoms with Crippen molar-refractivity contribution in [2.24, 2.45) is 0 Å². The van der Waals surface area contributed by atoms with Crippen molar-refractivity contribution in [1.82, 2.24) is 9.88 Å². The number of imide groups is 2. The lowest BCUT2D eigenvalue weighted by molar-refractivity contribution is -0.122. The molecule has 34 heavy (non-hydrogen) atoms. The summed E-state index contributed by atoms with van der Waals surface area (Å²) in [4.78, 5) is 49.9. The number of aromatic nitrogens is 1. The first-order chi connectivity index (χ1) is 16.1. The molecular weight excluding hydrogens is 441 g/mol. The average Bonchev–Trinajstić information content (AvgIpc) is 3.04. The third-order valence-corrected chi connectivity index (χ3v) is 5.62. The molecule has 0 radical (unpaired) electrons. The van der Waals surface area contributed by atoms with Gasteiger partial charge in [0.2, 0.25) is 0 Å². The molecule has 172 valence electrons. The van der Waals surface area contributed by atoms with Crippen LogP contribution in [0.25, 0.3) is 11.8 Å². The predicted octanol–water partition coefficient (Wildman–Crippen LogP) is 3.91. The Hall–Kier alpha value is -4.53. The molecule has 3 aromatic rings. The van der Waals surface area contributed by atoms with Gasteiger partial charge in [-0.3, -0.25) is 14.9 Å². The van der Waals surface area contributed by atoms with E-state index in [1.807, 2.05) is 11.5 Å². The Labute approximate surface area is 193 Å². The van der Waals surface area contributed by atoms with E-state index >= 15 is 0 Å². The number of aromatic carboxylic acids is 1. The van der Waals surface area contributed by atoms with Gasteiger partial charge >= 0.3 is 12.0 Å². The van der Waals surface area contributed by atoms with E-state index in [1.54, 1.807) is 32.0 Å². The minimum atomic E-state index is -1.03. The molecule has 1 aromatic heterocycles. The summed E-state index contributed by atoms with van der Waals surface area (Å²) < 4.78 is 15.6. The van der Waals surface area contributed by atoms with E-state index in [4.69, 9.17) is 0 Å². The first-order valence-corrected chi connectivity index (χ1v) is 10.3. The van der Waals surface area contributed by atoms with Crippen LogP contribution in [0.1, 0.15) is 32.9 Å². The zero-order chi connectivity index (χ0) is 24.7. The number of nitrogens with zero attached hydrogens (tertiary/aromatic N) is 2. The molecule has 0 aliphatic carbocycles. The van der Waals surface area contributed by atoms with Crippen LogP contribution in [0.4, 0.5) is 14.9 Å². The smallest absolute Gasteiger partial charge is 0.335 e. The Bertz CT molecular complexity index is 1420. The molecule has 4 rings (SSSR count). The Kier molecular flexibility index (Phi) is 5.62. The van der Waals surface area contributed by atoms with Crippen molar-refractivity contribution in [2.45, 2.75) is 20.8 Å². The molecule has 0 spiro atoms. The molecule has 2 heterocycles. The van der Waals surface area contributed by atoms with Crippen LogP contribution in [0.2, 0.25) is 0 Å². The molecule has 1 aliphatic heterocycles. The van der Waals surface area contributed by atoms with Gasteiger partial charge in [-0.1, -0.05) is 6.07 Å². The highest BCUT2D eigenvalue weighted by Crippen LogP contribution is 2.27. The van der Waals surface area contributed by atoms with Gasteiger partial charge in [0.15, 0.2) is 0 Å². The van der Waals surface area contributed by atoms with Crippen LogP contribution < -0.4 is 10.2 Å². The van der Waals surface area contributed by atoms with E-state index in [0.29, 0.717) is 16.2 Å². The van der Waals surface area contributed by atoms with E-state index in [-0.39, 0.29) is 16.8 Å². The Morgan fingerprint density at radius 2 is 1.76 bits per heavy atom. The second kappa shape index (κ2) is 8.43. The Morgan fingerprint density at radius 3 is 2.41 bits per heavy atom. The number of carbonyl (C=O) groups excluding carboxylic acids is 3. The largest absolute Gasteiger partial charge is 0.478 e. The lowest BCUT2D eigenvalue weighted by Gasteiger charge is -2.26. The molecule has 1 saturated heterocycles. The summed E-state index contributed by atoms with van der Waals surface area (Å²) in [6.07, 6.45) is 1.39. The van der Waals surface area contributed by atoms with Gasteiger partial charge < -0.3 is 9.67 Å². The molecule has 2 N–H and O–H groups in total. The summed E-state index contributed by atoms with van der Waals surface area (Å²) in [6.45, 7) is 5.43. The van der Waals surface area contributed by atoms with Crippen molar-refractivity contribution in [3.05, 3.63) is 88.0 Å². The van der Waals surface area contributed by atoms with Gasteiger partial charge in [0, 0.05) is 17.1 Å². The van der Waals surface area contributed by atoms with Crippen molar-refractivity contribution in [1.29, 1.82) is 0 Å². The summed E-state index contributed by atoms with van der Waals surface area (Å²) in [6, 6.07) is 10.5. The van der Waals surface area contributed by atoms with Crippen molar-refractivity contribution >= 4 is 35.6 Å². The third-order valence-electron chi connectivity index (χ3n) is 5.62. The molecule has 0 saturated carbocycles. The number of aryl methyl sites for hydroxylation is 2. The number of nitrogens with one attached hydrogen (secondary N) is 1. The zero-order valence-electron chi connectivity index (χ0n) is 18.5. The van der Waals surface area contributed by atoms with Crippen molar-refractivity contribution in [2.75, 3.05) is 4.90 Å². The number of barbiturate groups is 1. The molecule has 2 aromatic carbocycles. The Balaban J connectivity index is 1.77. The van der Waals surface area contributed by atoms with Crippen LogP contribution in [0.3, 0.4) is 0 Å². The maximum Gasteiger partial charge on any atom is 0.335 e. The third kappa shape index (κ3) is 3.88. The quantitative estimate of drug-likeness (QED) is 0.452. The maximum atomic E-state index is 13.7. The number of carboxylic acids is 1. The van der Waals surface area contributed by atoms with Gasteiger partial charge in [-0.25, -0.2) is 18.9 Å². The fourth-order valence-electron chi connectivity index (χ4n) is 4.01. The van der Waals surface area contributed by atoms with Crippen LogP contribution in [0, 0.1) is 26.6 Å². The van der Waals surface area contributed by atoms with Crippen LogP contribution in [0.5, 0.6) is 0 Å². The van der Waals surface area contributed by atoms with Gasteiger partial charge in [-0.2, -0.15) is 0 Å². The normalized spacial score (nSPS) is 15.1. The number of benzene rings is 2. The second-order valence-corrected chi connectivity index (χ2v) is 7.91. The van der Waals surface area contributed by atoms with Crippen LogP contribution in [-0.4, -0.2) is 33.5 Å². The first-order valence-electron chi connectivity index (χ1n) is 10.3. The molecular formula is C25H20FN3O5. The number of rotatable bonds is 4. The lowest BCUT2D eigenvalue weighted by Crippen LogP contribution is -2.54. The molecule has 1 fully saturated rings. The molecule has 9 heteroatoms. The summed E-state index contributed by atoms with van der Waals surface area (Å²) >= 11 is 0. The van der Waals surface area contributed by atoms with E-state index in [9.17, 15) is 28.7 Å². The number of carboxylic acid groups (broad SMARTS) is 1. The van der Waals surface area contributed by atoms with Gasteiger partial charge in [0.25, 0.3) is 11.8 Å². The van der Waals surface area contributed by atoms with Crippen molar-refractivity contribution < 1.29 is 28.7 Å². The lowest BCUT2D eigenvalue weighted by atomic mass is 10.1. The van der Waals surface area contributed by atoms with Crippen LogP contribution >= 0.6 is 0 Å². The van der Waals surface area contributed by atoms with Gasteiger partial charge in [-0.15, -0.1) is 0 Å². The number of amides is 4. The number of hydrogen-bond acceptors (Lipinski definition) is 4. The highest BCUT2D eigenvalue weighted by atomic mass is 19.1. The van der Waals surface area contributed by atoms with Crippen molar-refractivity contribution in [3.63, 3.8) is 0 Å². The van der Waals surface area contributed by atoms with E-state index in [1.165, 1.54) is 30.3 Å². The highest BCUT2D eigenvalue weighted by Gasteiger charge is 2.37. The summed E-state index contributed by atoms with van der Waals surface area (Å²) in [5, 5.41) is 11.3. The molecule has 0 unspecified atom stereocenters. The molecule has 4 amide bonds. The minimum absolute atomic E-state index is 0.000479. The number of carbonyl (C=O) groups is 4. The fourth-order valence-corrected chi connectivity index (χ4v) is 4.01. The topological polar surface area (TPSA) is 109 Å². The Morgan fingerprint density at radius 1 is 1.03 bits per heavy atom. The number of hydrogen-bond donors (Lipinski definition) is 2. The standard InChI is InChI=1S/C25H20FN3O5/c1-13-9-16(24(32)33)7-8-21(13)28-14(2)10-17(15(28)3)11-20-22(30)27-25(34)29(23(20)31)19-6-4-5-18(26)12-19/h4-12H,1-3H3,(H,32,33)(H,27,30,34)/b20-11+. The number of halogens is 1. The van der Waals surface area contributed by atoms with Crippen molar-refractivity contribution in [3.8, 4) is 5.69 Å². The monoisotopic (exact) mass is 461 g/mol. The summed E-state index contributed by atoms with van der Waals surface area (Å²) in [5.74, 6) is -3.38. The average molecular weight is 461 g/mol. The predicted molar refractivity (Wildman–Crippen MR) is 122 cm³/mol. The summed E-state index contributed by atoms with van der Waals surface area (Å²) in [7, 11) is 0. The molecule has 8 nitrogen and oxygen atoms in total. The first kappa shape index (κ1) is 22.7. The summed E-state index contributed by atoms with van der Waals surface area (Å²) in [5.41, 5.74) is 3.42. The number of urea groups is 1. The number of anilines is 1. The van der Waals surface area contributed by atoms with Gasteiger partial charge in [0.1, 0.15) is 11.4 Å². The van der Waals surface area contributed by atoms with E-state index < -0.39 is 29.6 Å². The van der Waals surface area contributed by atoms with Gasteiger partial charge in [0.05, 0.1) is 11.3 Å². The minimum Gasteiger partial charge on any atom is -0.478 e. The van der Waals surface area contributed by atoms with E-state index in [0.717, 1.165) is 23.0 Å². The zero-order valence-corrected chi connectivity index (χ0v) is 18.5. The maximum absolute atomic E-state index is 13.7. The molecule has 0 atom stereocenters.